The molecule has 0 saturated heterocycles. The van der Waals surface area contributed by atoms with E-state index in [-0.39, 0.29) is 17.9 Å². The fourth-order valence-corrected chi connectivity index (χ4v) is 1.52. The van der Waals surface area contributed by atoms with Crippen molar-refractivity contribution in [3.05, 3.63) is 11.7 Å². The van der Waals surface area contributed by atoms with Gasteiger partial charge in [-0.25, -0.2) is 0 Å². The Hall–Kier alpha value is -0.980. The third-order valence-electron chi connectivity index (χ3n) is 2.39. The van der Waals surface area contributed by atoms with Crippen LogP contribution in [0.15, 0.2) is 4.52 Å². The maximum absolute atomic E-state index is 9.67. The molecule has 0 spiro atoms. The molecule has 0 amide bonds. The highest BCUT2D eigenvalue weighted by Gasteiger charge is 2.24. The Morgan fingerprint density at radius 3 is 2.71 bits per heavy atom. The van der Waals surface area contributed by atoms with Crippen LogP contribution in [-0.4, -0.2) is 28.4 Å². The summed E-state index contributed by atoms with van der Waals surface area (Å²) in [5.41, 5.74) is 5.35. The van der Waals surface area contributed by atoms with Gasteiger partial charge in [0.15, 0.2) is 0 Å². The van der Waals surface area contributed by atoms with E-state index in [0.717, 1.165) is 0 Å². The summed E-state index contributed by atoms with van der Waals surface area (Å²) in [5, 5.41) is 13.5. The molecule has 6 nitrogen and oxygen atoms in total. The Kier molecular flexibility index (Phi) is 5.54. The van der Waals surface area contributed by atoms with E-state index in [4.69, 9.17) is 15.0 Å². The smallest absolute Gasteiger partial charge is 0.255 e. The van der Waals surface area contributed by atoms with Gasteiger partial charge in [0.1, 0.15) is 12.2 Å². The summed E-state index contributed by atoms with van der Waals surface area (Å²) in [6.45, 7) is 6.91. The van der Waals surface area contributed by atoms with E-state index in [1.54, 1.807) is 0 Å². The third kappa shape index (κ3) is 3.76. The number of nitrogens with two attached hydrogens (primary N) is 1. The Morgan fingerprint density at radius 1 is 1.47 bits per heavy atom. The van der Waals surface area contributed by atoms with Crippen molar-refractivity contribution in [2.75, 3.05) is 13.2 Å². The summed E-state index contributed by atoms with van der Waals surface area (Å²) in [5.74, 6) is 0.927. The van der Waals surface area contributed by atoms with Crippen molar-refractivity contribution in [2.24, 2.45) is 11.7 Å². The second kappa shape index (κ2) is 6.68. The van der Waals surface area contributed by atoms with Crippen LogP contribution in [0.2, 0.25) is 0 Å². The summed E-state index contributed by atoms with van der Waals surface area (Å²) in [6, 6.07) is 0. The highest BCUT2D eigenvalue weighted by Crippen LogP contribution is 2.24. The second-order valence-electron chi connectivity index (χ2n) is 4.20. The quantitative estimate of drug-likeness (QED) is 0.747. The number of ether oxygens (including phenoxy) is 1. The zero-order chi connectivity index (χ0) is 12.8. The largest absolute Gasteiger partial charge is 0.383 e. The fourth-order valence-electron chi connectivity index (χ4n) is 1.52. The van der Waals surface area contributed by atoms with Crippen LogP contribution in [0.4, 0.5) is 0 Å². The molecule has 0 aromatic carbocycles. The number of hydrogen-bond donors (Lipinski definition) is 2. The maximum atomic E-state index is 9.67. The molecule has 0 bridgehead atoms. The molecule has 1 aromatic rings. The normalized spacial score (nSPS) is 15.2. The zero-order valence-electron chi connectivity index (χ0n) is 10.6. The third-order valence-corrected chi connectivity index (χ3v) is 2.39. The minimum atomic E-state index is -0.796. The van der Waals surface area contributed by atoms with Crippen LogP contribution in [0, 0.1) is 5.92 Å². The van der Waals surface area contributed by atoms with Gasteiger partial charge in [-0.05, 0) is 25.8 Å². The van der Waals surface area contributed by atoms with Crippen LogP contribution in [0.3, 0.4) is 0 Å². The van der Waals surface area contributed by atoms with Crippen LogP contribution in [0.25, 0.3) is 0 Å². The lowest BCUT2D eigenvalue weighted by molar-refractivity contribution is 0.0217. The van der Waals surface area contributed by atoms with Crippen LogP contribution in [0.1, 0.15) is 51.1 Å². The van der Waals surface area contributed by atoms with Gasteiger partial charge in [0.05, 0.1) is 0 Å². The summed E-state index contributed by atoms with van der Waals surface area (Å²) in [7, 11) is 0. The molecule has 6 heteroatoms. The molecule has 1 heterocycles. The molecule has 0 radical (unpaired) electrons. The van der Waals surface area contributed by atoms with E-state index in [0.29, 0.717) is 25.4 Å². The average molecular weight is 243 g/mol. The molecule has 0 aliphatic heterocycles. The highest BCUT2D eigenvalue weighted by atomic mass is 16.5. The summed E-state index contributed by atoms with van der Waals surface area (Å²) < 4.78 is 10.6. The first-order chi connectivity index (χ1) is 8.10. The maximum Gasteiger partial charge on any atom is 0.255 e. The van der Waals surface area contributed by atoms with Crippen LogP contribution in [0.5, 0.6) is 0 Å². The zero-order valence-corrected chi connectivity index (χ0v) is 10.6. The predicted molar refractivity (Wildman–Crippen MR) is 62.1 cm³/mol. The molecule has 1 rings (SSSR count). The van der Waals surface area contributed by atoms with Crippen LogP contribution in [-0.2, 0) is 4.74 Å². The van der Waals surface area contributed by atoms with Crippen molar-refractivity contribution < 1.29 is 14.4 Å². The Morgan fingerprint density at radius 2 is 2.18 bits per heavy atom. The van der Waals surface area contributed by atoms with Crippen LogP contribution >= 0.6 is 0 Å². The van der Waals surface area contributed by atoms with Crippen molar-refractivity contribution in [1.82, 2.24) is 10.1 Å². The molecule has 0 saturated carbocycles. The number of aliphatic hydroxyl groups excluding tert-OH is 1. The number of rotatable bonds is 7. The van der Waals surface area contributed by atoms with E-state index in [9.17, 15) is 5.11 Å². The summed E-state index contributed by atoms with van der Waals surface area (Å²) in [6.07, 6.45) is -0.596. The SMILES string of the molecule is CCOC(c1noc(C(O)CCN)n1)C(C)C. The molecule has 3 N–H and O–H groups in total. The molecule has 98 valence electrons. The number of hydrogen-bond acceptors (Lipinski definition) is 6. The molecular formula is C11H21N3O3. The predicted octanol–water partition coefficient (Wildman–Crippen LogP) is 1.19. The number of nitrogens with zero attached hydrogens (tertiary/aromatic N) is 2. The molecule has 2 atom stereocenters. The van der Waals surface area contributed by atoms with Crippen molar-refractivity contribution in [2.45, 2.75) is 39.4 Å². The molecule has 0 aliphatic rings. The standard InChI is InChI=1S/C11H21N3O3/c1-4-16-9(7(2)3)10-13-11(17-14-10)8(15)5-6-12/h7-9,15H,4-6,12H2,1-3H3. The number of aliphatic hydroxyl groups is 1. The monoisotopic (exact) mass is 243 g/mol. The molecule has 0 fully saturated rings. The van der Waals surface area contributed by atoms with Crippen molar-refractivity contribution in [3.8, 4) is 0 Å². The average Bonchev–Trinajstić information content (AvgIpc) is 2.74. The van der Waals surface area contributed by atoms with Gasteiger partial charge in [0, 0.05) is 6.61 Å². The van der Waals surface area contributed by atoms with Gasteiger partial charge < -0.3 is 20.1 Å². The fraction of sp³-hybridized carbons (Fsp3) is 0.818. The summed E-state index contributed by atoms with van der Waals surface area (Å²) >= 11 is 0. The Bertz CT molecular complexity index is 328. The topological polar surface area (TPSA) is 94.4 Å². The van der Waals surface area contributed by atoms with E-state index >= 15 is 0 Å². The first-order valence-electron chi connectivity index (χ1n) is 5.93. The minimum Gasteiger partial charge on any atom is -0.383 e. The first kappa shape index (κ1) is 14.1. The van der Waals surface area contributed by atoms with Crippen molar-refractivity contribution in [3.63, 3.8) is 0 Å². The van der Waals surface area contributed by atoms with Gasteiger partial charge in [-0.2, -0.15) is 4.98 Å². The molecular weight excluding hydrogens is 222 g/mol. The van der Waals surface area contributed by atoms with E-state index in [2.05, 4.69) is 10.1 Å². The van der Waals surface area contributed by atoms with Gasteiger partial charge in [0.25, 0.3) is 5.89 Å². The first-order valence-corrected chi connectivity index (χ1v) is 5.93. The van der Waals surface area contributed by atoms with Crippen LogP contribution < -0.4 is 5.73 Å². The van der Waals surface area contributed by atoms with Gasteiger partial charge >= 0.3 is 0 Å². The Labute approximate surface area is 101 Å². The second-order valence-corrected chi connectivity index (χ2v) is 4.20. The molecule has 0 aliphatic carbocycles. The Balaban J connectivity index is 2.77. The van der Waals surface area contributed by atoms with E-state index in [1.807, 2.05) is 20.8 Å². The molecule has 2 unspecified atom stereocenters. The lowest BCUT2D eigenvalue weighted by atomic mass is 10.1. The van der Waals surface area contributed by atoms with Gasteiger partial charge in [-0.1, -0.05) is 19.0 Å². The van der Waals surface area contributed by atoms with Gasteiger partial charge in [-0.3, -0.25) is 0 Å². The molecule has 1 aromatic heterocycles. The van der Waals surface area contributed by atoms with Gasteiger partial charge in [0.2, 0.25) is 5.82 Å². The summed E-state index contributed by atoms with van der Waals surface area (Å²) in [4.78, 5) is 4.16. The van der Waals surface area contributed by atoms with E-state index < -0.39 is 6.10 Å². The van der Waals surface area contributed by atoms with E-state index in [1.165, 1.54) is 0 Å². The highest BCUT2D eigenvalue weighted by molar-refractivity contribution is 4.95. The molecule has 17 heavy (non-hydrogen) atoms. The minimum absolute atomic E-state index is 0.204. The van der Waals surface area contributed by atoms with Crippen molar-refractivity contribution >= 4 is 0 Å². The lowest BCUT2D eigenvalue weighted by Gasteiger charge is -2.16. The number of aromatic nitrogens is 2. The lowest BCUT2D eigenvalue weighted by Crippen LogP contribution is -2.13. The van der Waals surface area contributed by atoms with Gasteiger partial charge in [-0.15, -0.1) is 0 Å². The van der Waals surface area contributed by atoms with Crippen molar-refractivity contribution in [1.29, 1.82) is 0 Å².